The van der Waals surface area contributed by atoms with Gasteiger partial charge in [0.15, 0.2) is 0 Å². The van der Waals surface area contributed by atoms with Crippen molar-refractivity contribution in [3.8, 4) is 0 Å². The number of alkyl halides is 3. The molecule has 0 bridgehead atoms. The van der Waals surface area contributed by atoms with E-state index in [4.69, 9.17) is 11.6 Å². The molecule has 10 heteroatoms. The first-order chi connectivity index (χ1) is 12.4. The largest absolute Gasteiger partial charge is 0.416 e. The molecule has 5 nitrogen and oxygen atoms in total. The Bertz CT molecular complexity index is 945. The van der Waals surface area contributed by atoms with Gasteiger partial charge in [0.25, 0.3) is 0 Å². The minimum Gasteiger partial charge on any atom is -0.325 e. The fraction of sp³-hybridized carbons (Fsp3) is 0.235. The molecule has 0 heterocycles. The Morgan fingerprint density at radius 3 is 2.22 bits per heavy atom. The maximum absolute atomic E-state index is 12.6. The summed E-state index contributed by atoms with van der Waals surface area (Å²) in [7, 11) is -3.80. The van der Waals surface area contributed by atoms with Crippen molar-refractivity contribution >= 4 is 38.9 Å². The van der Waals surface area contributed by atoms with E-state index in [0.29, 0.717) is 5.02 Å². The van der Waals surface area contributed by atoms with Crippen molar-refractivity contribution in [3.63, 3.8) is 0 Å². The summed E-state index contributed by atoms with van der Waals surface area (Å²) in [6, 6.07) is 8.37. The average Bonchev–Trinajstić information content (AvgIpc) is 2.54. The van der Waals surface area contributed by atoms with Gasteiger partial charge in [-0.1, -0.05) is 17.7 Å². The van der Waals surface area contributed by atoms with Gasteiger partial charge in [0.1, 0.15) is 6.54 Å². The minimum absolute atomic E-state index is 0.114. The Kier molecular flexibility index (Phi) is 6.06. The summed E-state index contributed by atoms with van der Waals surface area (Å²) in [5, 5.41) is 2.71. The lowest BCUT2D eigenvalue weighted by molar-refractivity contribution is -0.137. The van der Waals surface area contributed by atoms with Crippen LogP contribution in [0.5, 0.6) is 0 Å². The second-order valence-electron chi connectivity index (χ2n) is 5.83. The highest BCUT2D eigenvalue weighted by Crippen LogP contribution is 2.30. The highest BCUT2D eigenvalue weighted by molar-refractivity contribution is 7.92. The maximum atomic E-state index is 12.6. The summed E-state index contributed by atoms with van der Waals surface area (Å²) in [5.41, 5.74) is 0.203. The molecule has 1 N–H and O–H groups in total. The molecule has 0 atom stereocenters. The van der Waals surface area contributed by atoms with E-state index in [9.17, 15) is 26.4 Å². The molecule has 2 aromatic carbocycles. The highest BCUT2D eigenvalue weighted by Gasteiger charge is 2.30. The summed E-state index contributed by atoms with van der Waals surface area (Å²) < 4.78 is 62.6. The standard InChI is InChI=1S/C17H16ClF3N2O3S/c1-11-3-8-14(9-15(11)18)23(27(2,25)26)10-16(24)22-13-6-4-12(5-7-13)17(19,20)21/h3-9H,10H2,1-2H3,(H,22,24). The number of rotatable bonds is 5. The van der Waals surface area contributed by atoms with Gasteiger partial charge in [-0.05, 0) is 48.9 Å². The summed E-state index contributed by atoms with van der Waals surface area (Å²) >= 11 is 6.01. The fourth-order valence-electron chi connectivity index (χ4n) is 2.21. The molecule has 0 saturated heterocycles. The summed E-state index contributed by atoms with van der Waals surface area (Å²) in [6.45, 7) is 1.19. The SMILES string of the molecule is Cc1ccc(N(CC(=O)Nc2ccc(C(F)(F)F)cc2)S(C)(=O)=O)cc1Cl. The molecule has 1 amide bonds. The van der Waals surface area contributed by atoms with E-state index in [1.54, 1.807) is 13.0 Å². The van der Waals surface area contributed by atoms with Crippen molar-refractivity contribution in [1.29, 1.82) is 0 Å². The van der Waals surface area contributed by atoms with Crippen LogP contribution in [0.25, 0.3) is 0 Å². The molecule has 0 aliphatic carbocycles. The molecule has 0 aliphatic heterocycles. The normalized spacial score (nSPS) is 11.9. The van der Waals surface area contributed by atoms with Gasteiger partial charge in [0.2, 0.25) is 15.9 Å². The zero-order valence-electron chi connectivity index (χ0n) is 14.3. The molecule has 146 valence electrons. The summed E-state index contributed by atoms with van der Waals surface area (Å²) in [6.07, 6.45) is -3.55. The van der Waals surface area contributed by atoms with Gasteiger partial charge in [-0.25, -0.2) is 8.42 Å². The van der Waals surface area contributed by atoms with E-state index in [1.807, 2.05) is 0 Å². The number of benzene rings is 2. The predicted molar refractivity (Wildman–Crippen MR) is 98.5 cm³/mol. The first kappa shape index (κ1) is 21.0. The van der Waals surface area contributed by atoms with Crippen LogP contribution >= 0.6 is 11.6 Å². The third-order valence-electron chi connectivity index (χ3n) is 3.63. The molecule has 0 fully saturated rings. The summed E-state index contributed by atoms with van der Waals surface area (Å²) in [4.78, 5) is 12.2. The molecule has 0 radical (unpaired) electrons. The number of carbonyl (C=O) groups excluding carboxylic acids is 1. The Morgan fingerprint density at radius 2 is 1.74 bits per heavy atom. The van der Waals surface area contributed by atoms with Crippen LogP contribution in [0.3, 0.4) is 0 Å². The number of aryl methyl sites for hydroxylation is 1. The van der Waals surface area contributed by atoms with Crippen LogP contribution in [0.4, 0.5) is 24.5 Å². The summed E-state index contributed by atoms with van der Waals surface area (Å²) in [5.74, 6) is -0.711. The van der Waals surface area contributed by atoms with E-state index in [1.165, 1.54) is 12.1 Å². The van der Waals surface area contributed by atoms with Gasteiger partial charge in [0.05, 0.1) is 17.5 Å². The number of hydrogen-bond donors (Lipinski definition) is 1. The van der Waals surface area contributed by atoms with Gasteiger partial charge in [-0.15, -0.1) is 0 Å². The van der Waals surface area contributed by atoms with E-state index in [0.717, 1.165) is 40.4 Å². The Hall–Kier alpha value is -2.26. The average molecular weight is 421 g/mol. The van der Waals surface area contributed by atoms with Crippen molar-refractivity contribution in [1.82, 2.24) is 0 Å². The highest BCUT2D eigenvalue weighted by atomic mass is 35.5. The van der Waals surface area contributed by atoms with E-state index in [2.05, 4.69) is 5.32 Å². The Labute approximate surface area is 159 Å². The molecule has 0 spiro atoms. The number of sulfonamides is 1. The quantitative estimate of drug-likeness (QED) is 0.792. The van der Waals surface area contributed by atoms with Crippen molar-refractivity contribution in [2.75, 3.05) is 22.4 Å². The number of amides is 1. The van der Waals surface area contributed by atoms with Crippen molar-refractivity contribution < 1.29 is 26.4 Å². The maximum Gasteiger partial charge on any atom is 0.416 e. The van der Waals surface area contributed by atoms with Crippen LogP contribution in [-0.4, -0.2) is 27.1 Å². The predicted octanol–water partition coefficient (Wildman–Crippen LogP) is 4.07. The van der Waals surface area contributed by atoms with Gasteiger partial charge in [0, 0.05) is 10.7 Å². The second-order valence-corrected chi connectivity index (χ2v) is 8.14. The Morgan fingerprint density at radius 1 is 1.15 bits per heavy atom. The van der Waals surface area contributed by atoms with Gasteiger partial charge < -0.3 is 5.32 Å². The van der Waals surface area contributed by atoms with E-state index >= 15 is 0 Å². The third-order valence-corrected chi connectivity index (χ3v) is 5.17. The first-order valence-electron chi connectivity index (χ1n) is 7.59. The van der Waals surface area contributed by atoms with Crippen molar-refractivity contribution in [3.05, 3.63) is 58.6 Å². The van der Waals surface area contributed by atoms with Gasteiger partial charge in [-0.3, -0.25) is 9.10 Å². The van der Waals surface area contributed by atoms with Gasteiger partial charge in [-0.2, -0.15) is 13.2 Å². The lowest BCUT2D eigenvalue weighted by Gasteiger charge is -2.22. The number of hydrogen-bond acceptors (Lipinski definition) is 3. The number of anilines is 2. The molecule has 0 unspecified atom stereocenters. The second kappa shape index (κ2) is 7.77. The number of halogens is 4. The zero-order valence-corrected chi connectivity index (χ0v) is 15.9. The third kappa shape index (κ3) is 5.61. The molecule has 27 heavy (non-hydrogen) atoms. The minimum atomic E-state index is -4.49. The zero-order chi connectivity index (χ0) is 20.4. The van der Waals surface area contributed by atoms with Crippen LogP contribution < -0.4 is 9.62 Å². The monoisotopic (exact) mass is 420 g/mol. The van der Waals surface area contributed by atoms with Crippen LogP contribution in [-0.2, 0) is 21.0 Å². The molecular weight excluding hydrogens is 405 g/mol. The van der Waals surface area contributed by atoms with Crippen LogP contribution in [0.15, 0.2) is 42.5 Å². The number of carbonyl (C=O) groups is 1. The Balaban J connectivity index is 2.18. The lowest BCUT2D eigenvalue weighted by atomic mass is 10.2. The first-order valence-corrected chi connectivity index (χ1v) is 9.81. The van der Waals surface area contributed by atoms with E-state index in [-0.39, 0.29) is 11.4 Å². The number of nitrogens with one attached hydrogen (secondary N) is 1. The molecule has 2 rings (SSSR count). The van der Waals surface area contributed by atoms with Crippen LogP contribution in [0, 0.1) is 6.92 Å². The smallest absolute Gasteiger partial charge is 0.325 e. The molecule has 0 aromatic heterocycles. The molecule has 2 aromatic rings. The van der Waals surface area contributed by atoms with Gasteiger partial charge >= 0.3 is 6.18 Å². The topological polar surface area (TPSA) is 66.5 Å². The molecule has 0 saturated carbocycles. The molecule has 0 aliphatic rings. The number of nitrogens with zero attached hydrogens (tertiary/aromatic N) is 1. The van der Waals surface area contributed by atoms with E-state index < -0.39 is 34.2 Å². The fourth-order valence-corrected chi connectivity index (χ4v) is 3.23. The van der Waals surface area contributed by atoms with Crippen molar-refractivity contribution in [2.24, 2.45) is 0 Å². The van der Waals surface area contributed by atoms with Crippen LogP contribution in [0.2, 0.25) is 5.02 Å². The van der Waals surface area contributed by atoms with Crippen molar-refractivity contribution in [2.45, 2.75) is 13.1 Å². The van der Waals surface area contributed by atoms with Crippen LogP contribution in [0.1, 0.15) is 11.1 Å². The lowest BCUT2D eigenvalue weighted by Crippen LogP contribution is -2.37. The molecular formula is C17H16ClF3N2O3S.